The first-order valence-electron chi connectivity index (χ1n) is 7.79. The Morgan fingerprint density at radius 1 is 0.647 bits per heavy atom. The van der Waals surface area contributed by atoms with E-state index in [4.69, 9.17) is 0 Å². The molecule has 2 saturated carbocycles. The summed E-state index contributed by atoms with van der Waals surface area (Å²) in [5, 5.41) is 3.47. The van der Waals surface area contributed by atoms with Crippen LogP contribution in [0.15, 0.2) is 0 Å². The van der Waals surface area contributed by atoms with Crippen LogP contribution in [0.3, 0.4) is 0 Å². The Labute approximate surface area is 108 Å². The Morgan fingerprint density at radius 3 is 1.35 bits per heavy atom. The minimum atomic E-state index is 0.215. The van der Waals surface area contributed by atoms with Gasteiger partial charge < -0.3 is 0 Å². The van der Waals surface area contributed by atoms with Gasteiger partial charge in [-0.05, 0) is 84.5 Å². The number of rotatable bonds is 0. The summed E-state index contributed by atoms with van der Waals surface area (Å²) in [4.78, 5) is 0. The van der Waals surface area contributed by atoms with Gasteiger partial charge in [-0.2, -0.15) is 0 Å². The molecule has 0 amide bonds. The fourth-order valence-corrected chi connectivity index (χ4v) is 10.6. The summed E-state index contributed by atoms with van der Waals surface area (Å²) in [6.07, 6.45) is 17.1. The maximum Gasteiger partial charge on any atom is 0.127 e. The third kappa shape index (κ3) is 1.83. The maximum atomic E-state index is 2.47. The molecule has 0 aromatic carbocycles. The average molecular weight is 251 g/mol. The zero-order valence-corrected chi connectivity index (χ0v) is 12.6. The Balaban J connectivity index is 2.04. The van der Waals surface area contributed by atoms with Gasteiger partial charge in [0.2, 0.25) is 0 Å². The van der Waals surface area contributed by atoms with E-state index in [0.29, 0.717) is 0 Å². The van der Waals surface area contributed by atoms with E-state index in [1.807, 2.05) is 5.29 Å². The highest BCUT2D eigenvalue weighted by Crippen LogP contribution is 2.69. The monoisotopic (exact) mass is 251 g/mol. The van der Waals surface area contributed by atoms with E-state index in [9.17, 15) is 0 Å². The smallest absolute Gasteiger partial charge is 0.0487 e. The molecule has 0 unspecified atom stereocenters. The van der Waals surface area contributed by atoms with Crippen LogP contribution in [0.5, 0.6) is 0 Å². The van der Waals surface area contributed by atoms with Gasteiger partial charge in [0.05, 0.1) is 5.29 Å². The third-order valence-corrected chi connectivity index (χ3v) is 9.88. The van der Waals surface area contributed by atoms with E-state index < -0.39 is 0 Å². The predicted octanol–water partition coefficient (Wildman–Crippen LogP) is 5.49. The first kappa shape index (κ1) is 12.2. The van der Waals surface area contributed by atoms with Crippen molar-refractivity contribution in [1.82, 2.24) is 0 Å². The summed E-state index contributed by atoms with van der Waals surface area (Å²) in [7, 11) is 0.215. The first-order chi connectivity index (χ1) is 8.19. The van der Waals surface area contributed by atoms with Crippen LogP contribution in [-0.2, 0) is 0 Å². The van der Waals surface area contributed by atoms with Crippen molar-refractivity contribution in [2.75, 3.05) is 0 Å². The van der Waals surface area contributed by atoms with Gasteiger partial charge in [0.25, 0.3) is 0 Å². The van der Waals surface area contributed by atoms with Crippen LogP contribution in [0.2, 0.25) is 0 Å². The van der Waals surface area contributed by atoms with Crippen LogP contribution >= 0.6 is 7.55 Å². The lowest BCUT2D eigenvalue weighted by molar-refractivity contribution is 0.411. The molecule has 0 N–H and O–H groups in total. The highest BCUT2D eigenvalue weighted by molar-refractivity contribution is 7.62. The van der Waals surface area contributed by atoms with Crippen LogP contribution in [0.4, 0.5) is 0 Å². The molecule has 17 heavy (non-hydrogen) atoms. The van der Waals surface area contributed by atoms with Gasteiger partial charge in [0.1, 0.15) is 17.9 Å². The SMILES string of the molecule is CC(C)=[P+]1C2(CCCC2)CCCC12CCCC2. The lowest BCUT2D eigenvalue weighted by Crippen LogP contribution is -2.38. The lowest BCUT2D eigenvalue weighted by atomic mass is 9.91. The van der Waals surface area contributed by atoms with Crippen molar-refractivity contribution >= 4 is 12.8 Å². The fraction of sp³-hybridized carbons (Fsp3) is 0.938. The van der Waals surface area contributed by atoms with Crippen LogP contribution in [0.25, 0.3) is 0 Å². The van der Waals surface area contributed by atoms with E-state index in [0.717, 1.165) is 10.3 Å². The molecule has 1 aliphatic heterocycles. The molecule has 3 aliphatic rings. The topological polar surface area (TPSA) is 0 Å². The quantitative estimate of drug-likeness (QED) is 0.499. The summed E-state index contributed by atoms with van der Waals surface area (Å²) in [6.45, 7) is 4.94. The van der Waals surface area contributed by atoms with Gasteiger partial charge in [-0.15, -0.1) is 0 Å². The summed E-state index contributed by atoms with van der Waals surface area (Å²) in [5.74, 6) is 0. The zero-order chi connectivity index (χ0) is 11.9. The van der Waals surface area contributed by atoms with Crippen LogP contribution < -0.4 is 0 Å². The Hall–Kier alpha value is 0.170. The van der Waals surface area contributed by atoms with Crippen molar-refractivity contribution in [3.05, 3.63) is 0 Å². The highest BCUT2D eigenvalue weighted by atomic mass is 31.1. The highest BCUT2D eigenvalue weighted by Gasteiger charge is 2.60. The summed E-state index contributed by atoms with van der Waals surface area (Å²) < 4.78 is 0. The third-order valence-electron chi connectivity index (χ3n) is 5.75. The van der Waals surface area contributed by atoms with E-state index in [-0.39, 0.29) is 7.55 Å². The predicted molar refractivity (Wildman–Crippen MR) is 79.5 cm³/mol. The fourth-order valence-electron chi connectivity index (χ4n) is 5.44. The normalized spacial score (nSPS) is 30.4. The van der Waals surface area contributed by atoms with Gasteiger partial charge in [-0.3, -0.25) is 0 Å². The molecular weight excluding hydrogens is 223 g/mol. The van der Waals surface area contributed by atoms with Crippen LogP contribution in [0, 0.1) is 0 Å². The Bertz CT molecular complexity index is 297. The molecule has 1 heteroatoms. The van der Waals surface area contributed by atoms with Crippen LogP contribution in [0.1, 0.15) is 84.5 Å². The second kappa shape index (κ2) is 4.37. The molecule has 0 nitrogen and oxygen atoms in total. The molecule has 96 valence electrons. The standard InChI is InChI=1S/C16H28P/c1-14(2)17-15(8-3-4-9-15)12-7-13-16(17)10-5-6-11-16/h3-13H2,1-2H3/q+1. The average Bonchev–Trinajstić information content (AvgIpc) is 2.89. The number of hydrogen-bond acceptors (Lipinski definition) is 0. The summed E-state index contributed by atoms with van der Waals surface area (Å²) >= 11 is 0. The minimum absolute atomic E-state index is 0.215. The van der Waals surface area contributed by atoms with E-state index in [1.165, 1.54) is 25.7 Å². The Kier molecular flexibility index (Phi) is 3.14. The van der Waals surface area contributed by atoms with Crippen molar-refractivity contribution < 1.29 is 0 Å². The molecule has 0 aromatic rings. The van der Waals surface area contributed by atoms with Gasteiger partial charge in [-0.25, -0.2) is 0 Å². The van der Waals surface area contributed by atoms with Gasteiger partial charge >= 0.3 is 0 Å². The number of hydrogen-bond donors (Lipinski definition) is 0. The molecule has 2 spiro atoms. The molecule has 0 atom stereocenters. The molecule has 3 fully saturated rings. The van der Waals surface area contributed by atoms with Crippen molar-refractivity contribution in [2.24, 2.45) is 0 Å². The van der Waals surface area contributed by atoms with E-state index in [1.54, 1.807) is 44.9 Å². The van der Waals surface area contributed by atoms with Crippen molar-refractivity contribution in [1.29, 1.82) is 0 Å². The first-order valence-corrected chi connectivity index (χ1v) is 9.13. The molecule has 0 aromatic heterocycles. The van der Waals surface area contributed by atoms with Gasteiger partial charge in [0, 0.05) is 0 Å². The molecule has 3 rings (SSSR count). The van der Waals surface area contributed by atoms with Crippen molar-refractivity contribution in [3.8, 4) is 0 Å². The molecule has 2 aliphatic carbocycles. The molecule has 0 radical (unpaired) electrons. The molecular formula is C16H28P+. The van der Waals surface area contributed by atoms with Crippen molar-refractivity contribution in [3.63, 3.8) is 0 Å². The summed E-state index contributed by atoms with van der Waals surface area (Å²) in [6, 6.07) is 0. The maximum absolute atomic E-state index is 2.47. The second-order valence-electron chi connectivity index (χ2n) is 7.00. The molecule has 1 saturated heterocycles. The Morgan fingerprint density at radius 2 is 1.00 bits per heavy atom. The van der Waals surface area contributed by atoms with Gasteiger partial charge in [-0.1, -0.05) is 0 Å². The summed E-state index contributed by atoms with van der Waals surface area (Å²) in [5.41, 5.74) is 0. The van der Waals surface area contributed by atoms with Gasteiger partial charge in [0.15, 0.2) is 0 Å². The second-order valence-corrected chi connectivity index (χ2v) is 10.5. The lowest BCUT2D eigenvalue weighted by Gasteiger charge is -2.39. The van der Waals surface area contributed by atoms with Crippen LogP contribution in [-0.4, -0.2) is 15.6 Å². The van der Waals surface area contributed by atoms with Crippen molar-refractivity contribution in [2.45, 2.75) is 94.8 Å². The molecule has 1 heterocycles. The largest absolute Gasteiger partial charge is 0.127 e. The zero-order valence-electron chi connectivity index (χ0n) is 11.7. The minimum Gasteiger partial charge on any atom is -0.0487 e. The van der Waals surface area contributed by atoms with E-state index >= 15 is 0 Å². The van der Waals surface area contributed by atoms with E-state index in [2.05, 4.69) is 13.8 Å². The molecule has 0 bridgehead atoms.